The lowest BCUT2D eigenvalue weighted by Gasteiger charge is -2.06. The molecule has 0 fully saturated rings. The normalized spacial score (nSPS) is 10.3. The van der Waals surface area contributed by atoms with Crippen LogP contribution in [0, 0.1) is 5.82 Å². The number of anilines is 1. The fourth-order valence-corrected chi connectivity index (χ4v) is 1.78. The lowest BCUT2D eigenvalue weighted by atomic mass is 10.2. The first-order chi connectivity index (χ1) is 10.2. The summed E-state index contributed by atoms with van der Waals surface area (Å²) in [4.78, 5) is 12.0. The molecule has 0 saturated carbocycles. The molecular formula is C14H10FN5O. The van der Waals surface area contributed by atoms with Crippen molar-refractivity contribution in [1.29, 1.82) is 0 Å². The van der Waals surface area contributed by atoms with Crippen molar-refractivity contribution in [3.05, 3.63) is 66.2 Å². The third-order valence-corrected chi connectivity index (χ3v) is 2.85. The van der Waals surface area contributed by atoms with Crippen LogP contribution in [-0.2, 0) is 0 Å². The molecule has 7 heteroatoms. The van der Waals surface area contributed by atoms with Crippen LogP contribution in [-0.4, -0.2) is 26.1 Å². The molecule has 0 unspecified atom stereocenters. The van der Waals surface area contributed by atoms with Gasteiger partial charge in [-0.1, -0.05) is 0 Å². The molecule has 0 aliphatic heterocycles. The monoisotopic (exact) mass is 283 g/mol. The van der Waals surface area contributed by atoms with E-state index in [-0.39, 0.29) is 11.7 Å². The number of hydrogen-bond donors (Lipinski definition) is 1. The molecule has 3 aromatic rings. The van der Waals surface area contributed by atoms with Gasteiger partial charge < -0.3 is 5.32 Å². The number of nitrogens with zero attached hydrogens (tertiary/aromatic N) is 4. The summed E-state index contributed by atoms with van der Waals surface area (Å²) in [5.74, 6) is -0.622. The summed E-state index contributed by atoms with van der Waals surface area (Å²) in [7, 11) is 0. The average Bonchev–Trinajstić information content (AvgIpc) is 3.04. The van der Waals surface area contributed by atoms with E-state index in [1.165, 1.54) is 35.3 Å². The standard InChI is InChI=1S/C14H10FN5O/c15-11-3-5-12(6-4-11)17-14(21)10-1-7-13(8-2-10)20-9-16-18-19-20/h1-9H,(H,17,21). The summed E-state index contributed by atoms with van der Waals surface area (Å²) in [5, 5.41) is 13.5. The van der Waals surface area contributed by atoms with Crippen molar-refractivity contribution < 1.29 is 9.18 Å². The highest BCUT2D eigenvalue weighted by Gasteiger charge is 2.07. The van der Waals surface area contributed by atoms with Crippen LogP contribution < -0.4 is 5.32 Å². The van der Waals surface area contributed by atoms with Crippen LogP contribution in [0.2, 0.25) is 0 Å². The molecule has 104 valence electrons. The van der Waals surface area contributed by atoms with Crippen molar-refractivity contribution in [2.45, 2.75) is 0 Å². The van der Waals surface area contributed by atoms with Gasteiger partial charge in [0, 0.05) is 11.3 Å². The van der Waals surface area contributed by atoms with Crippen LogP contribution in [0.3, 0.4) is 0 Å². The minimum atomic E-state index is -0.348. The van der Waals surface area contributed by atoms with Gasteiger partial charge in [0.2, 0.25) is 0 Å². The first-order valence-corrected chi connectivity index (χ1v) is 6.13. The third-order valence-electron chi connectivity index (χ3n) is 2.85. The molecule has 0 atom stereocenters. The summed E-state index contributed by atoms with van der Waals surface area (Å²) in [6.07, 6.45) is 1.47. The van der Waals surface area contributed by atoms with Crippen LogP contribution in [0.25, 0.3) is 5.69 Å². The second-order valence-electron chi connectivity index (χ2n) is 4.26. The largest absolute Gasteiger partial charge is 0.322 e. The van der Waals surface area contributed by atoms with E-state index in [1.807, 2.05) is 0 Å². The Kier molecular flexibility index (Phi) is 3.38. The average molecular weight is 283 g/mol. The molecule has 2 aromatic carbocycles. The highest BCUT2D eigenvalue weighted by molar-refractivity contribution is 6.04. The van der Waals surface area contributed by atoms with E-state index in [0.29, 0.717) is 11.3 Å². The summed E-state index contributed by atoms with van der Waals surface area (Å²) >= 11 is 0. The van der Waals surface area contributed by atoms with Gasteiger partial charge in [0.05, 0.1) is 5.69 Å². The van der Waals surface area contributed by atoms with E-state index in [9.17, 15) is 9.18 Å². The van der Waals surface area contributed by atoms with Crippen LogP contribution >= 0.6 is 0 Å². The Morgan fingerprint density at radius 2 is 1.76 bits per heavy atom. The molecule has 0 bridgehead atoms. The molecule has 0 saturated heterocycles. The van der Waals surface area contributed by atoms with E-state index >= 15 is 0 Å². The van der Waals surface area contributed by atoms with Gasteiger partial charge in [0.1, 0.15) is 12.1 Å². The molecule has 3 rings (SSSR count). The zero-order valence-corrected chi connectivity index (χ0v) is 10.8. The molecule has 0 aliphatic rings. The number of carbonyl (C=O) groups is 1. The number of halogens is 1. The van der Waals surface area contributed by atoms with Gasteiger partial charge >= 0.3 is 0 Å². The predicted octanol–water partition coefficient (Wildman–Crippen LogP) is 2.05. The fourth-order valence-electron chi connectivity index (χ4n) is 1.78. The van der Waals surface area contributed by atoms with Crippen molar-refractivity contribution in [2.75, 3.05) is 5.32 Å². The first kappa shape index (κ1) is 12.9. The predicted molar refractivity (Wildman–Crippen MR) is 73.5 cm³/mol. The second kappa shape index (κ2) is 5.49. The summed E-state index contributed by atoms with van der Waals surface area (Å²) in [6.45, 7) is 0. The third kappa shape index (κ3) is 2.92. The molecular weight excluding hydrogens is 273 g/mol. The molecule has 1 N–H and O–H groups in total. The van der Waals surface area contributed by atoms with E-state index < -0.39 is 0 Å². The SMILES string of the molecule is O=C(Nc1ccc(F)cc1)c1ccc(-n2cnnn2)cc1. The topological polar surface area (TPSA) is 72.7 Å². The van der Waals surface area contributed by atoms with E-state index in [4.69, 9.17) is 0 Å². The van der Waals surface area contributed by atoms with Crippen molar-refractivity contribution in [3.63, 3.8) is 0 Å². The van der Waals surface area contributed by atoms with E-state index in [1.54, 1.807) is 24.3 Å². The van der Waals surface area contributed by atoms with Gasteiger partial charge in [0.15, 0.2) is 0 Å². The first-order valence-electron chi connectivity index (χ1n) is 6.13. The van der Waals surface area contributed by atoms with Crippen molar-refractivity contribution in [2.24, 2.45) is 0 Å². The van der Waals surface area contributed by atoms with Crippen molar-refractivity contribution >= 4 is 11.6 Å². The van der Waals surface area contributed by atoms with Gasteiger partial charge in [-0.25, -0.2) is 9.07 Å². The Morgan fingerprint density at radius 1 is 1.05 bits per heavy atom. The Hall–Kier alpha value is -3.09. The maximum Gasteiger partial charge on any atom is 0.255 e. The molecule has 0 spiro atoms. The van der Waals surface area contributed by atoms with E-state index in [2.05, 4.69) is 20.8 Å². The molecule has 0 aliphatic carbocycles. The highest BCUT2D eigenvalue weighted by atomic mass is 19.1. The van der Waals surface area contributed by atoms with Gasteiger partial charge in [-0.05, 0) is 59.0 Å². The number of rotatable bonds is 3. The van der Waals surface area contributed by atoms with E-state index in [0.717, 1.165) is 5.69 Å². The number of tetrazole rings is 1. The number of hydrogen-bond acceptors (Lipinski definition) is 4. The smallest absolute Gasteiger partial charge is 0.255 e. The van der Waals surface area contributed by atoms with Gasteiger partial charge in [-0.15, -0.1) is 5.10 Å². The van der Waals surface area contributed by atoms with Crippen LogP contribution in [0.5, 0.6) is 0 Å². The van der Waals surface area contributed by atoms with Gasteiger partial charge in [-0.2, -0.15) is 0 Å². The number of benzene rings is 2. The molecule has 1 heterocycles. The Balaban J connectivity index is 1.74. The summed E-state index contributed by atoms with van der Waals surface area (Å²) in [6, 6.07) is 12.4. The number of aromatic nitrogens is 4. The minimum absolute atomic E-state index is 0.273. The molecule has 1 aromatic heterocycles. The van der Waals surface area contributed by atoms with Crippen LogP contribution in [0.1, 0.15) is 10.4 Å². The summed E-state index contributed by atoms with van der Waals surface area (Å²) in [5.41, 5.74) is 1.76. The van der Waals surface area contributed by atoms with Crippen molar-refractivity contribution in [3.8, 4) is 5.69 Å². The molecule has 1 amide bonds. The number of amides is 1. The lowest BCUT2D eigenvalue weighted by Crippen LogP contribution is -2.11. The summed E-state index contributed by atoms with van der Waals surface area (Å²) < 4.78 is 14.3. The quantitative estimate of drug-likeness (QED) is 0.798. The Morgan fingerprint density at radius 3 is 2.38 bits per heavy atom. The van der Waals surface area contributed by atoms with Crippen LogP contribution in [0.15, 0.2) is 54.9 Å². The minimum Gasteiger partial charge on any atom is -0.322 e. The van der Waals surface area contributed by atoms with Gasteiger partial charge in [0.25, 0.3) is 5.91 Å². The highest BCUT2D eigenvalue weighted by Crippen LogP contribution is 2.12. The zero-order chi connectivity index (χ0) is 14.7. The van der Waals surface area contributed by atoms with Crippen LogP contribution in [0.4, 0.5) is 10.1 Å². The second-order valence-corrected chi connectivity index (χ2v) is 4.26. The molecule has 6 nitrogen and oxygen atoms in total. The maximum absolute atomic E-state index is 12.8. The van der Waals surface area contributed by atoms with Gasteiger partial charge in [-0.3, -0.25) is 4.79 Å². The maximum atomic E-state index is 12.8. The zero-order valence-electron chi connectivity index (χ0n) is 10.8. The molecule has 21 heavy (non-hydrogen) atoms. The Labute approximate surface area is 119 Å². The number of carbonyl (C=O) groups excluding carboxylic acids is 1. The molecule has 0 radical (unpaired) electrons. The Bertz CT molecular complexity index is 738. The fraction of sp³-hybridized carbons (Fsp3) is 0. The number of nitrogens with one attached hydrogen (secondary N) is 1. The van der Waals surface area contributed by atoms with Crippen molar-refractivity contribution in [1.82, 2.24) is 20.2 Å². The lowest BCUT2D eigenvalue weighted by molar-refractivity contribution is 0.102.